The van der Waals surface area contributed by atoms with Gasteiger partial charge in [-0.15, -0.1) is 0 Å². The largest absolute Gasteiger partial charge is 0.364 e. The third-order valence-electron chi connectivity index (χ3n) is 4.86. The number of halogens is 1. The lowest BCUT2D eigenvalue weighted by Crippen LogP contribution is -2.04. The summed E-state index contributed by atoms with van der Waals surface area (Å²) in [7, 11) is 1.86. The van der Waals surface area contributed by atoms with Crippen molar-refractivity contribution in [2.24, 2.45) is 7.05 Å². The van der Waals surface area contributed by atoms with E-state index in [1.54, 1.807) is 17.2 Å². The molecule has 3 aromatic heterocycles. The molecule has 0 atom stereocenters. The van der Waals surface area contributed by atoms with Gasteiger partial charge < -0.3 is 5.32 Å². The Morgan fingerprint density at radius 2 is 1.73 bits per heavy atom. The van der Waals surface area contributed by atoms with Gasteiger partial charge >= 0.3 is 0 Å². The highest BCUT2D eigenvalue weighted by Crippen LogP contribution is 2.24. The second kappa shape index (κ2) is 7.61. The average molecular weight is 416 g/mol. The lowest BCUT2D eigenvalue weighted by atomic mass is 10.0. The predicted octanol–water partition coefficient (Wildman–Crippen LogP) is 4.48. The maximum absolute atomic E-state index is 6.19. The number of hydrogen-bond donors (Lipinski definition) is 1. The molecule has 3 heterocycles. The van der Waals surface area contributed by atoms with Gasteiger partial charge in [-0.25, -0.2) is 4.98 Å². The summed E-state index contributed by atoms with van der Waals surface area (Å²) in [6, 6.07) is 18.7. The number of benzene rings is 2. The fourth-order valence-corrected chi connectivity index (χ4v) is 3.51. The van der Waals surface area contributed by atoms with Crippen molar-refractivity contribution in [3.63, 3.8) is 0 Å². The zero-order valence-electron chi connectivity index (χ0n) is 16.2. The number of imidazole rings is 1. The Bertz CT molecular complexity index is 1310. The first-order valence-corrected chi connectivity index (χ1v) is 9.83. The van der Waals surface area contributed by atoms with Gasteiger partial charge in [-0.1, -0.05) is 54.6 Å². The van der Waals surface area contributed by atoms with Crippen molar-refractivity contribution in [2.45, 2.75) is 6.54 Å². The van der Waals surface area contributed by atoms with Crippen LogP contribution in [0.4, 0.5) is 5.82 Å². The smallest absolute Gasteiger partial charge is 0.226 e. The van der Waals surface area contributed by atoms with Crippen molar-refractivity contribution in [1.29, 1.82) is 0 Å². The molecule has 0 fully saturated rings. The number of rotatable bonds is 5. The van der Waals surface area contributed by atoms with Crippen LogP contribution in [0.25, 0.3) is 28.0 Å². The number of aryl methyl sites for hydroxylation is 1. The Hall–Kier alpha value is -3.71. The van der Waals surface area contributed by atoms with Crippen molar-refractivity contribution in [3.8, 4) is 16.8 Å². The number of aromatic nitrogens is 6. The predicted molar refractivity (Wildman–Crippen MR) is 118 cm³/mol. The molecule has 7 nitrogen and oxygen atoms in total. The van der Waals surface area contributed by atoms with Crippen LogP contribution in [0.2, 0.25) is 5.28 Å². The average Bonchev–Trinajstić information content (AvgIpc) is 3.39. The summed E-state index contributed by atoms with van der Waals surface area (Å²) < 4.78 is 3.57. The van der Waals surface area contributed by atoms with Crippen LogP contribution in [0.15, 0.2) is 73.3 Å². The van der Waals surface area contributed by atoms with Gasteiger partial charge in [-0.05, 0) is 28.3 Å². The van der Waals surface area contributed by atoms with Crippen LogP contribution in [-0.4, -0.2) is 29.3 Å². The minimum atomic E-state index is 0.162. The number of nitrogens with zero attached hydrogens (tertiary/aromatic N) is 6. The molecule has 0 aliphatic heterocycles. The zero-order chi connectivity index (χ0) is 20.5. The first-order chi connectivity index (χ1) is 14.7. The fraction of sp³-hybridized carbons (Fsp3) is 0.0909. The van der Waals surface area contributed by atoms with Crippen molar-refractivity contribution in [3.05, 3.63) is 84.2 Å². The highest BCUT2D eigenvalue weighted by molar-refractivity contribution is 6.28. The molecule has 0 aliphatic rings. The van der Waals surface area contributed by atoms with E-state index >= 15 is 0 Å². The molecule has 0 saturated heterocycles. The Balaban J connectivity index is 1.40. The van der Waals surface area contributed by atoms with E-state index in [-0.39, 0.29) is 5.28 Å². The van der Waals surface area contributed by atoms with Crippen LogP contribution in [0.3, 0.4) is 0 Å². The first-order valence-electron chi connectivity index (χ1n) is 9.45. The SMILES string of the molecule is Cn1cc(-n2cnc3c(NCc4ccc(-c5ccccc5)cc4)nc(Cl)nc32)cn1. The van der Waals surface area contributed by atoms with Gasteiger partial charge in [0.25, 0.3) is 0 Å². The highest BCUT2D eigenvalue weighted by atomic mass is 35.5. The van der Waals surface area contributed by atoms with Gasteiger partial charge in [0.15, 0.2) is 17.0 Å². The quantitative estimate of drug-likeness (QED) is 0.428. The van der Waals surface area contributed by atoms with E-state index in [4.69, 9.17) is 11.6 Å². The zero-order valence-corrected chi connectivity index (χ0v) is 17.0. The van der Waals surface area contributed by atoms with Crippen molar-refractivity contribution >= 4 is 28.6 Å². The summed E-state index contributed by atoms with van der Waals surface area (Å²) in [5.41, 5.74) is 5.65. The fourth-order valence-electron chi connectivity index (χ4n) is 3.35. The van der Waals surface area contributed by atoms with Gasteiger partial charge in [0.1, 0.15) is 6.33 Å². The number of hydrogen-bond acceptors (Lipinski definition) is 5. The van der Waals surface area contributed by atoms with Gasteiger partial charge in [0.2, 0.25) is 5.28 Å². The lowest BCUT2D eigenvalue weighted by Gasteiger charge is -2.08. The molecule has 0 aliphatic carbocycles. The third-order valence-corrected chi connectivity index (χ3v) is 5.03. The van der Waals surface area contributed by atoms with Gasteiger partial charge in [-0.2, -0.15) is 15.1 Å². The second-order valence-corrected chi connectivity index (χ2v) is 7.25. The molecule has 1 N–H and O–H groups in total. The summed E-state index contributed by atoms with van der Waals surface area (Å²) in [5, 5.41) is 7.71. The molecule has 5 aromatic rings. The normalized spacial score (nSPS) is 11.1. The maximum atomic E-state index is 6.19. The van der Waals surface area contributed by atoms with Crippen LogP contribution in [0.5, 0.6) is 0 Å². The van der Waals surface area contributed by atoms with E-state index in [1.807, 2.05) is 36.0 Å². The van der Waals surface area contributed by atoms with E-state index in [1.165, 1.54) is 11.1 Å². The highest BCUT2D eigenvalue weighted by Gasteiger charge is 2.14. The van der Waals surface area contributed by atoms with Gasteiger partial charge in [-0.3, -0.25) is 9.25 Å². The van der Waals surface area contributed by atoms with Crippen molar-refractivity contribution < 1.29 is 0 Å². The van der Waals surface area contributed by atoms with Crippen LogP contribution in [0, 0.1) is 0 Å². The standard InChI is InChI=1S/C22H18ClN7/c1-29-13-18(12-26-29)30-14-25-19-20(27-22(23)28-21(19)30)24-11-15-7-9-17(10-8-15)16-5-3-2-4-6-16/h2-10,12-14H,11H2,1H3,(H,24,27,28). The van der Waals surface area contributed by atoms with E-state index in [0.717, 1.165) is 11.3 Å². The minimum Gasteiger partial charge on any atom is -0.364 e. The molecular formula is C22H18ClN7. The topological polar surface area (TPSA) is 73.5 Å². The minimum absolute atomic E-state index is 0.162. The molecule has 2 aromatic carbocycles. The van der Waals surface area contributed by atoms with Crippen LogP contribution in [0.1, 0.15) is 5.56 Å². The first kappa shape index (κ1) is 18.3. The van der Waals surface area contributed by atoms with Gasteiger partial charge in [0.05, 0.1) is 11.9 Å². The van der Waals surface area contributed by atoms with Crippen LogP contribution < -0.4 is 5.32 Å². The molecule has 0 saturated carbocycles. The summed E-state index contributed by atoms with van der Waals surface area (Å²) in [6.07, 6.45) is 5.34. The van der Waals surface area contributed by atoms with E-state index in [2.05, 4.69) is 61.8 Å². The Morgan fingerprint density at radius 1 is 0.967 bits per heavy atom. The van der Waals surface area contributed by atoms with E-state index in [9.17, 15) is 0 Å². The molecule has 0 bridgehead atoms. The van der Waals surface area contributed by atoms with E-state index in [0.29, 0.717) is 23.5 Å². The molecule has 30 heavy (non-hydrogen) atoms. The molecule has 0 unspecified atom stereocenters. The molecule has 0 spiro atoms. The Labute approximate surface area is 178 Å². The van der Waals surface area contributed by atoms with Crippen LogP contribution in [-0.2, 0) is 13.6 Å². The van der Waals surface area contributed by atoms with E-state index < -0.39 is 0 Å². The van der Waals surface area contributed by atoms with Crippen LogP contribution >= 0.6 is 11.6 Å². The summed E-state index contributed by atoms with van der Waals surface area (Å²) in [4.78, 5) is 13.2. The van der Waals surface area contributed by atoms with Crippen molar-refractivity contribution in [2.75, 3.05) is 5.32 Å². The number of anilines is 1. The van der Waals surface area contributed by atoms with Crippen molar-refractivity contribution in [1.82, 2.24) is 29.3 Å². The lowest BCUT2D eigenvalue weighted by molar-refractivity contribution is 0.767. The Kier molecular flexibility index (Phi) is 4.65. The monoisotopic (exact) mass is 415 g/mol. The molecule has 148 valence electrons. The summed E-state index contributed by atoms with van der Waals surface area (Å²) >= 11 is 6.19. The molecule has 8 heteroatoms. The number of nitrogens with one attached hydrogen (secondary N) is 1. The molecule has 0 radical (unpaired) electrons. The summed E-state index contributed by atoms with van der Waals surface area (Å²) in [5.74, 6) is 0.597. The second-order valence-electron chi connectivity index (χ2n) is 6.92. The van der Waals surface area contributed by atoms with Gasteiger partial charge in [0, 0.05) is 19.8 Å². The molecular weight excluding hydrogens is 398 g/mol. The molecule has 5 rings (SSSR count). The maximum Gasteiger partial charge on any atom is 0.226 e. The summed E-state index contributed by atoms with van der Waals surface area (Å²) in [6.45, 7) is 0.595. The number of fused-ring (bicyclic) bond motifs is 1. The third kappa shape index (κ3) is 3.51. The Morgan fingerprint density at radius 3 is 2.47 bits per heavy atom. The molecule has 0 amide bonds.